The van der Waals surface area contributed by atoms with E-state index in [2.05, 4.69) is 204 Å². The van der Waals surface area contributed by atoms with Gasteiger partial charge < -0.3 is 14.2 Å². The standard InChI is InChI=1S/C52H32N2OS2/c1-3-15-34(16-4-1)53(36-27-28-39-38-20-9-11-23-45(38)57-48(39)32-36)51-43(30-29-41-49-37-19-8-7-14-33(37)26-31-44(49)55-52(41)51)54(35-17-5-2-6-18-35)42-22-13-25-47-50(42)40-21-10-12-24-46(40)56-47/h1-32H. The summed E-state index contributed by atoms with van der Waals surface area (Å²) in [5.74, 6) is 0. The van der Waals surface area contributed by atoms with Crippen molar-refractivity contribution in [1.29, 1.82) is 0 Å². The van der Waals surface area contributed by atoms with Crippen molar-refractivity contribution in [2.24, 2.45) is 0 Å². The van der Waals surface area contributed by atoms with Crippen LogP contribution in [0.2, 0.25) is 0 Å². The van der Waals surface area contributed by atoms with Crippen molar-refractivity contribution in [3.05, 3.63) is 194 Å². The smallest absolute Gasteiger partial charge is 0.161 e. The van der Waals surface area contributed by atoms with Crippen molar-refractivity contribution < 1.29 is 4.42 Å². The summed E-state index contributed by atoms with van der Waals surface area (Å²) in [6.07, 6.45) is 0. The average Bonchev–Trinajstić information content (AvgIpc) is 3.97. The van der Waals surface area contributed by atoms with E-state index in [1.165, 1.54) is 51.1 Å². The first-order valence-electron chi connectivity index (χ1n) is 19.2. The maximum absolute atomic E-state index is 7.19. The molecule has 12 rings (SSSR count). The zero-order valence-corrected chi connectivity index (χ0v) is 32.2. The van der Waals surface area contributed by atoms with Crippen molar-refractivity contribution in [3.63, 3.8) is 0 Å². The molecule has 9 aromatic carbocycles. The Hall–Kier alpha value is -6.92. The number of anilines is 6. The Morgan fingerprint density at radius 3 is 1.77 bits per heavy atom. The van der Waals surface area contributed by atoms with Gasteiger partial charge in [-0.3, -0.25) is 0 Å². The third-order valence-corrected chi connectivity index (χ3v) is 13.5. The summed E-state index contributed by atoms with van der Waals surface area (Å²) in [6.45, 7) is 0. The van der Waals surface area contributed by atoms with E-state index < -0.39 is 0 Å². The molecule has 0 bridgehead atoms. The second-order valence-electron chi connectivity index (χ2n) is 14.4. The minimum absolute atomic E-state index is 0.836. The molecule has 0 atom stereocenters. The van der Waals surface area contributed by atoms with Crippen LogP contribution < -0.4 is 9.80 Å². The molecule has 268 valence electrons. The SMILES string of the molecule is c1ccc(N(c2ccc3c(c2)sc2ccccc23)c2c(N(c3ccccc3)c3cccc4sc5ccccc5c34)ccc3c2oc2ccc4ccccc4c23)cc1. The van der Waals surface area contributed by atoms with Gasteiger partial charge in [-0.05, 0) is 89.6 Å². The number of fused-ring (bicyclic) bond motifs is 11. The number of thiophene rings is 2. The molecule has 0 radical (unpaired) electrons. The lowest BCUT2D eigenvalue weighted by atomic mass is 10.0. The first kappa shape index (κ1) is 32.3. The van der Waals surface area contributed by atoms with Gasteiger partial charge in [0.25, 0.3) is 0 Å². The van der Waals surface area contributed by atoms with Crippen LogP contribution in [0.4, 0.5) is 34.1 Å². The number of benzene rings is 9. The van der Waals surface area contributed by atoms with Crippen molar-refractivity contribution in [2.75, 3.05) is 9.80 Å². The maximum atomic E-state index is 7.19. The third kappa shape index (κ3) is 5.03. The van der Waals surface area contributed by atoms with Gasteiger partial charge in [-0.15, -0.1) is 22.7 Å². The predicted octanol–water partition coefficient (Wildman–Crippen LogP) is 16.4. The number of furan rings is 1. The molecule has 0 aliphatic carbocycles. The van der Waals surface area contributed by atoms with Gasteiger partial charge in [0.2, 0.25) is 0 Å². The van der Waals surface area contributed by atoms with Crippen molar-refractivity contribution in [3.8, 4) is 0 Å². The Morgan fingerprint density at radius 2 is 0.965 bits per heavy atom. The quantitative estimate of drug-likeness (QED) is 0.168. The Kier molecular flexibility index (Phi) is 7.27. The molecule has 0 saturated heterocycles. The topological polar surface area (TPSA) is 19.6 Å². The second kappa shape index (κ2) is 12.8. The summed E-state index contributed by atoms with van der Waals surface area (Å²) in [4.78, 5) is 4.85. The zero-order chi connectivity index (χ0) is 37.5. The van der Waals surface area contributed by atoms with Crippen LogP contribution in [-0.2, 0) is 0 Å². The Morgan fingerprint density at radius 1 is 0.351 bits per heavy atom. The van der Waals surface area contributed by atoms with Gasteiger partial charge in [0.05, 0.1) is 11.4 Å². The number of rotatable bonds is 6. The van der Waals surface area contributed by atoms with Crippen LogP contribution in [0.25, 0.3) is 73.1 Å². The highest BCUT2D eigenvalue weighted by Crippen LogP contribution is 2.54. The molecule has 57 heavy (non-hydrogen) atoms. The molecule has 3 nitrogen and oxygen atoms in total. The Balaban J connectivity index is 1.23. The number of hydrogen-bond acceptors (Lipinski definition) is 5. The summed E-state index contributed by atoms with van der Waals surface area (Å²) in [6, 6.07) is 70.1. The van der Waals surface area contributed by atoms with Crippen LogP contribution in [0.15, 0.2) is 199 Å². The van der Waals surface area contributed by atoms with Crippen LogP contribution in [-0.4, -0.2) is 0 Å². The fraction of sp³-hybridized carbons (Fsp3) is 0. The first-order valence-corrected chi connectivity index (χ1v) is 20.8. The summed E-state index contributed by atoms with van der Waals surface area (Å²) in [7, 11) is 0. The van der Waals surface area contributed by atoms with Gasteiger partial charge >= 0.3 is 0 Å². The third-order valence-electron chi connectivity index (χ3n) is 11.2. The Bertz CT molecular complexity index is 3490. The summed E-state index contributed by atoms with van der Waals surface area (Å²) < 4.78 is 12.2. The molecular formula is C52H32N2OS2. The van der Waals surface area contributed by atoms with E-state index in [1.54, 1.807) is 0 Å². The highest BCUT2D eigenvalue weighted by atomic mass is 32.1. The lowest BCUT2D eigenvalue weighted by molar-refractivity contribution is 0.669. The molecule has 0 unspecified atom stereocenters. The normalized spacial score (nSPS) is 11.9. The summed E-state index contributed by atoms with van der Waals surface area (Å²) in [5, 5.41) is 9.62. The average molecular weight is 765 g/mol. The van der Waals surface area contributed by atoms with E-state index in [0.29, 0.717) is 0 Å². The predicted molar refractivity (Wildman–Crippen MR) is 246 cm³/mol. The lowest BCUT2D eigenvalue weighted by Gasteiger charge is -2.33. The van der Waals surface area contributed by atoms with E-state index in [-0.39, 0.29) is 0 Å². The lowest BCUT2D eigenvalue weighted by Crippen LogP contribution is -2.17. The van der Waals surface area contributed by atoms with Crippen LogP contribution in [0.1, 0.15) is 0 Å². The minimum Gasteiger partial charge on any atom is -0.454 e. The van der Waals surface area contributed by atoms with Crippen LogP contribution in [0, 0.1) is 0 Å². The molecule has 0 N–H and O–H groups in total. The van der Waals surface area contributed by atoms with E-state index in [1.807, 2.05) is 22.7 Å². The van der Waals surface area contributed by atoms with E-state index in [4.69, 9.17) is 4.42 Å². The van der Waals surface area contributed by atoms with E-state index in [0.717, 1.165) is 56.1 Å². The van der Waals surface area contributed by atoms with Gasteiger partial charge in [-0.1, -0.05) is 115 Å². The molecule has 0 saturated carbocycles. The summed E-state index contributed by atoms with van der Waals surface area (Å²) in [5.41, 5.74) is 7.98. The molecule has 5 heteroatoms. The van der Waals surface area contributed by atoms with Crippen molar-refractivity contribution >= 4 is 130 Å². The molecule has 0 aliphatic heterocycles. The largest absolute Gasteiger partial charge is 0.454 e. The van der Waals surface area contributed by atoms with Gasteiger partial charge in [0.1, 0.15) is 11.3 Å². The molecular weight excluding hydrogens is 733 g/mol. The molecule has 12 aromatic rings. The van der Waals surface area contributed by atoms with Gasteiger partial charge in [-0.2, -0.15) is 0 Å². The maximum Gasteiger partial charge on any atom is 0.161 e. The number of nitrogens with zero attached hydrogens (tertiary/aromatic N) is 2. The van der Waals surface area contributed by atoms with Crippen molar-refractivity contribution in [1.82, 2.24) is 0 Å². The van der Waals surface area contributed by atoms with Gasteiger partial charge in [0.15, 0.2) is 5.58 Å². The monoisotopic (exact) mass is 764 g/mol. The first-order chi connectivity index (χ1) is 28.3. The van der Waals surface area contributed by atoms with Gasteiger partial charge in [-0.25, -0.2) is 0 Å². The number of para-hydroxylation sites is 2. The fourth-order valence-electron chi connectivity index (χ4n) is 8.75. The fourth-order valence-corrected chi connectivity index (χ4v) is 11.0. The van der Waals surface area contributed by atoms with Crippen molar-refractivity contribution in [2.45, 2.75) is 0 Å². The highest BCUT2D eigenvalue weighted by molar-refractivity contribution is 7.26. The van der Waals surface area contributed by atoms with E-state index >= 15 is 0 Å². The van der Waals surface area contributed by atoms with Crippen LogP contribution in [0.5, 0.6) is 0 Å². The zero-order valence-electron chi connectivity index (χ0n) is 30.6. The second-order valence-corrected chi connectivity index (χ2v) is 16.6. The van der Waals surface area contributed by atoms with E-state index in [9.17, 15) is 0 Å². The molecule has 3 aromatic heterocycles. The minimum atomic E-state index is 0.836. The molecule has 0 aliphatic rings. The highest BCUT2D eigenvalue weighted by Gasteiger charge is 2.29. The molecule has 0 amide bonds. The summed E-state index contributed by atoms with van der Waals surface area (Å²) >= 11 is 3.68. The van der Waals surface area contributed by atoms with Crippen LogP contribution >= 0.6 is 22.7 Å². The van der Waals surface area contributed by atoms with Gasteiger partial charge in [0, 0.05) is 68.2 Å². The molecule has 3 heterocycles. The Labute approximate surface area is 336 Å². The molecule has 0 spiro atoms. The van der Waals surface area contributed by atoms with Crippen LogP contribution in [0.3, 0.4) is 0 Å². The number of hydrogen-bond donors (Lipinski definition) is 0. The molecule has 0 fully saturated rings.